The molecule has 2 aromatic heterocycles. The van der Waals surface area contributed by atoms with E-state index in [9.17, 15) is 0 Å². The molecule has 0 amide bonds. The Balaban J connectivity index is 2.59. The van der Waals surface area contributed by atoms with E-state index in [1.54, 1.807) is 0 Å². The van der Waals surface area contributed by atoms with Gasteiger partial charge in [-0.05, 0) is 44.5 Å². The van der Waals surface area contributed by atoms with Crippen LogP contribution >= 0.6 is 0 Å². The van der Waals surface area contributed by atoms with E-state index in [0.29, 0.717) is 6.54 Å². The molecule has 0 fully saturated rings. The van der Waals surface area contributed by atoms with Crippen LogP contribution in [0.25, 0.3) is 5.52 Å². The van der Waals surface area contributed by atoms with Crippen LogP contribution in [0.1, 0.15) is 17.1 Å². The minimum Gasteiger partial charge on any atom is -0.330 e. The lowest BCUT2D eigenvalue weighted by atomic mass is 10.2. The van der Waals surface area contributed by atoms with Gasteiger partial charge in [0, 0.05) is 6.20 Å². The zero-order valence-corrected chi connectivity index (χ0v) is 8.62. The molecule has 0 atom stereocenters. The Bertz CT molecular complexity index is 457. The Kier molecular flexibility index (Phi) is 2.25. The molecule has 2 rings (SSSR count). The summed E-state index contributed by atoms with van der Waals surface area (Å²) in [6.07, 6.45) is 3.00. The molecule has 3 heteroatoms. The van der Waals surface area contributed by atoms with Crippen LogP contribution in [0.15, 0.2) is 18.3 Å². The van der Waals surface area contributed by atoms with E-state index in [4.69, 9.17) is 5.73 Å². The van der Waals surface area contributed by atoms with E-state index in [1.165, 1.54) is 11.1 Å². The first kappa shape index (κ1) is 9.21. The van der Waals surface area contributed by atoms with Crippen LogP contribution in [0.3, 0.4) is 0 Å². The van der Waals surface area contributed by atoms with Gasteiger partial charge in [-0.3, -0.25) is 0 Å². The van der Waals surface area contributed by atoms with Crippen LogP contribution in [-0.4, -0.2) is 15.9 Å². The summed E-state index contributed by atoms with van der Waals surface area (Å²) in [4.78, 5) is 4.42. The SMILES string of the molecule is Cc1nc(C)n2ccc(CCN)cc12. The molecule has 0 radical (unpaired) electrons. The molecular weight excluding hydrogens is 174 g/mol. The first-order valence-electron chi connectivity index (χ1n) is 4.86. The molecule has 0 unspecified atom stereocenters. The Morgan fingerprint density at radius 2 is 2.21 bits per heavy atom. The molecule has 0 spiro atoms. The van der Waals surface area contributed by atoms with Crippen molar-refractivity contribution in [2.24, 2.45) is 5.73 Å². The van der Waals surface area contributed by atoms with Gasteiger partial charge in [-0.1, -0.05) is 0 Å². The second kappa shape index (κ2) is 3.42. The zero-order valence-electron chi connectivity index (χ0n) is 8.62. The van der Waals surface area contributed by atoms with Crippen molar-refractivity contribution in [1.29, 1.82) is 0 Å². The fraction of sp³-hybridized carbons (Fsp3) is 0.364. The Labute approximate surface area is 83.6 Å². The molecule has 0 saturated carbocycles. The number of nitrogens with zero attached hydrogens (tertiary/aromatic N) is 2. The largest absolute Gasteiger partial charge is 0.330 e. The second-order valence-electron chi connectivity index (χ2n) is 3.57. The van der Waals surface area contributed by atoms with Gasteiger partial charge < -0.3 is 10.1 Å². The average Bonchev–Trinajstić information content (AvgIpc) is 2.43. The van der Waals surface area contributed by atoms with Crippen molar-refractivity contribution in [3.63, 3.8) is 0 Å². The number of aryl methyl sites for hydroxylation is 2. The van der Waals surface area contributed by atoms with Crippen LogP contribution in [-0.2, 0) is 6.42 Å². The summed E-state index contributed by atoms with van der Waals surface area (Å²) in [7, 11) is 0. The van der Waals surface area contributed by atoms with Crippen molar-refractivity contribution >= 4 is 5.52 Å². The van der Waals surface area contributed by atoms with Gasteiger partial charge in [-0.25, -0.2) is 4.98 Å². The van der Waals surface area contributed by atoms with Crippen LogP contribution < -0.4 is 5.73 Å². The van der Waals surface area contributed by atoms with Gasteiger partial charge in [0.2, 0.25) is 0 Å². The molecule has 2 aromatic rings. The highest BCUT2D eigenvalue weighted by molar-refractivity contribution is 5.54. The highest BCUT2D eigenvalue weighted by Crippen LogP contribution is 2.14. The van der Waals surface area contributed by atoms with Crippen molar-refractivity contribution in [3.05, 3.63) is 35.4 Å². The first-order chi connectivity index (χ1) is 6.72. The van der Waals surface area contributed by atoms with Crippen LogP contribution in [0.4, 0.5) is 0 Å². The van der Waals surface area contributed by atoms with Crippen LogP contribution in [0, 0.1) is 13.8 Å². The Morgan fingerprint density at radius 3 is 2.93 bits per heavy atom. The lowest BCUT2D eigenvalue weighted by Crippen LogP contribution is -2.03. The van der Waals surface area contributed by atoms with Crippen LogP contribution in [0.2, 0.25) is 0 Å². The number of fused-ring (bicyclic) bond motifs is 1. The lowest BCUT2D eigenvalue weighted by Gasteiger charge is -2.01. The number of rotatable bonds is 2. The highest BCUT2D eigenvalue weighted by Gasteiger charge is 2.03. The fourth-order valence-corrected chi connectivity index (χ4v) is 1.78. The molecule has 2 N–H and O–H groups in total. The van der Waals surface area contributed by atoms with Crippen molar-refractivity contribution in [2.45, 2.75) is 20.3 Å². The molecule has 0 aliphatic heterocycles. The third kappa shape index (κ3) is 1.40. The number of pyridine rings is 1. The van der Waals surface area contributed by atoms with Gasteiger partial charge in [0.05, 0.1) is 11.2 Å². The van der Waals surface area contributed by atoms with E-state index in [-0.39, 0.29) is 0 Å². The Hall–Kier alpha value is -1.35. The summed E-state index contributed by atoms with van der Waals surface area (Å²) in [6.45, 7) is 4.75. The third-order valence-corrected chi connectivity index (χ3v) is 2.50. The van der Waals surface area contributed by atoms with Crippen molar-refractivity contribution in [1.82, 2.24) is 9.38 Å². The molecule has 0 aromatic carbocycles. The fourth-order valence-electron chi connectivity index (χ4n) is 1.78. The van der Waals surface area contributed by atoms with E-state index in [0.717, 1.165) is 17.9 Å². The highest BCUT2D eigenvalue weighted by atomic mass is 15.0. The number of imidazole rings is 1. The predicted octanol–water partition coefficient (Wildman–Crippen LogP) is 1.45. The monoisotopic (exact) mass is 189 g/mol. The zero-order chi connectivity index (χ0) is 10.1. The smallest absolute Gasteiger partial charge is 0.110 e. The normalized spacial score (nSPS) is 11.1. The molecule has 0 bridgehead atoms. The average molecular weight is 189 g/mol. The maximum atomic E-state index is 5.53. The summed E-state index contributed by atoms with van der Waals surface area (Å²) in [5, 5.41) is 0. The molecule has 0 aliphatic rings. The number of hydrogen-bond donors (Lipinski definition) is 1. The predicted molar refractivity (Wildman–Crippen MR) is 57.4 cm³/mol. The van der Waals surface area contributed by atoms with E-state index < -0.39 is 0 Å². The third-order valence-electron chi connectivity index (χ3n) is 2.50. The molecule has 0 aliphatic carbocycles. The van der Waals surface area contributed by atoms with E-state index >= 15 is 0 Å². The van der Waals surface area contributed by atoms with Gasteiger partial charge in [0.1, 0.15) is 5.82 Å². The first-order valence-corrected chi connectivity index (χ1v) is 4.86. The van der Waals surface area contributed by atoms with E-state index in [2.05, 4.69) is 27.7 Å². The quantitative estimate of drug-likeness (QED) is 0.777. The van der Waals surface area contributed by atoms with Gasteiger partial charge >= 0.3 is 0 Å². The minimum absolute atomic E-state index is 0.697. The van der Waals surface area contributed by atoms with Crippen molar-refractivity contribution in [2.75, 3.05) is 6.54 Å². The van der Waals surface area contributed by atoms with Crippen molar-refractivity contribution < 1.29 is 0 Å². The van der Waals surface area contributed by atoms with Crippen LogP contribution in [0.5, 0.6) is 0 Å². The maximum absolute atomic E-state index is 5.53. The molecule has 14 heavy (non-hydrogen) atoms. The summed E-state index contributed by atoms with van der Waals surface area (Å²) < 4.78 is 2.11. The number of hydrogen-bond acceptors (Lipinski definition) is 2. The summed E-state index contributed by atoms with van der Waals surface area (Å²) in [6, 6.07) is 4.27. The van der Waals surface area contributed by atoms with Gasteiger partial charge in [-0.2, -0.15) is 0 Å². The number of aromatic nitrogens is 2. The van der Waals surface area contributed by atoms with Gasteiger partial charge in [0.15, 0.2) is 0 Å². The van der Waals surface area contributed by atoms with E-state index in [1.807, 2.05) is 13.8 Å². The standard InChI is InChI=1S/C11H15N3/c1-8-11-7-10(3-5-12)4-6-14(11)9(2)13-8/h4,6-7H,3,5,12H2,1-2H3. The molecule has 74 valence electrons. The molecule has 2 heterocycles. The van der Waals surface area contributed by atoms with Gasteiger partial charge in [0.25, 0.3) is 0 Å². The second-order valence-corrected chi connectivity index (χ2v) is 3.57. The Morgan fingerprint density at radius 1 is 1.43 bits per heavy atom. The minimum atomic E-state index is 0.697. The summed E-state index contributed by atoms with van der Waals surface area (Å²) in [5.74, 6) is 1.04. The van der Waals surface area contributed by atoms with Crippen molar-refractivity contribution in [3.8, 4) is 0 Å². The molecule has 3 nitrogen and oxygen atoms in total. The summed E-state index contributed by atoms with van der Waals surface area (Å²) >= 11 is 0. The molecular formula is C11H15N3. The topological polar surface area (TPSA) is 43.3 Å². The number of nitrogens with two attached hydrogens (primary N) is 1. The van der Waals surface area contributed by atoms with Gasteiger partial charge in [-0.15, -0.1) is 0 Å². The molecule has 0 saturated heterocycles. The maximum Gasteiger partial charge on any atom is 0.110 e. The summed E-state index contributed by atoms with van der Waals surface area (Å²) in [5.41, 5.74) is 9.08. The lowest BCUT2D eigenvalue weighted by molar-refractivity contribution is 0.958.